The molecule has 0 atom stereocenters. The molecule has 0 aliphatic rings. The molecule has 0 aromatic heterocycles. The number of amides is 1. The van der Waals surface area contributed by atoms with Gasteiger partial charge in [0.05, 0.1) is 0 Å². The van der Waals surface area contributed by atoms with Crippen molar-refractivity contribution in [2.45, 2.75) is 26.2 Å². The van der Waals surface area contributed by atoms with Gasteiger partial charge in [0.15, 0.2) is 0 Å². The fourth-order valence-corrected chi connectivity index (χ4v) is 2.38. The monoisotopic (exact) mass is 351 g/mol. The third-order valence-electron chi connectivity index (χ3n) is 3.89. The number of nitrogens with one attached hydrogen (secondary N) is 2. The number of rotatable bonds is 7. The maximum absolute atomic E-state index is 13.1. The third kappa shape index (κ3) is 5.75. The van der Waals surface area contributed by atoms with E-state index in [2.05, 4.69) is 24.5 Å². The van der Waals surface area contributed by atoms with Crippen LogP contribution in [-0.4, -0.2) is 12.5 Å². The van der Waals surface area contributed by atoms with Gasteiger partial charge in [0.1, 0.15) is 17.5 Å². The van der Waals surface area contributed by atoms with Crippen molar-refractivity contribution in [3.63, 3.8) is 0 Å². The maximum atomic E-state index is 13.1. The van der Waals surface area contributed by atoms with E-state index in [1.807, 2.05) is 36.4 Å². The Morgan fingerprint density at radius 3 is 2.58 bits per heavy atom. The number of nitriles is 1. The first-order valence-corrected chi connectivity index (χ1v) is 8.49. The van der Waals surface area contributed by atoms with E-state index in [1.54, 1.807) is 6.07 Å². The van der Waals surface area contributed by atoms with Crippen LogP contribution in [0.2, 0.25) is 0 Å². The molecule has 0 spiro atoms. The molecule has 2 aromatic carbocycles. The van der Waals surface area contributed by atoms with Crippen molar-refractivity contribution < 1.29 is 9.18 Å². The molecule has 4 nitrogen and oxygen atoms in total. The summed E-state index contributed by atoms with van der Waals surface area (Å²) in [7, 11) is 0. The lowest BCUT2D eigenvalue weighted by atomic mass is 10.0. The quantitative estimate of drug-likeness (QED) is 0.448. The second-order valence-corrected chi connectivity index (χ2v) is 6.23. The highest BCUT2D eigenvalue weighted by atomic mass is 19.1. The molecule has 0 aliphatic carbocycles. The molecule has 0 aliphatic heterocycles. The maximum Gasteiger partial charge on any atom is 0.267 e. The second-order valence-electron chi connectivity index (χ2n) is 6.23. The molecule has 0 unspecified atom stereocenters. The molecule has 0 fully saturated rings. The molecule has 5 heteroatoms. The highest BCUT2D eigenvalue weighted by Crippen LogP contribution is 2.17. The number of nitrogens with zero attached hydrogens (tertiary/aromatic N) is 1. The lowest BCUT2D eigenvalue weighted by molar-refractivity contribution is -0.112. The van der Waals surface area contributed by atoms with Gasteiger partial charge in [-0.1, -0.05) is 38.1 Å². The Labute approximate surface area is 153 Å². The van der Waals surface area contributed by atoms with Crippen LogP contribution < -0.4 is 10.6 Å². The van der Waals surface area contributed by atoms with Gasteiger partial charge in [-0.2, -0.15) is 5.26 Å². The summed E-state index contributed by atoms with van der Waals surface area (Å²) in [4.78, 5) is 12.2. The highest BCUT2D eigenvalue weighted by molar-refractivity contribution is 6.06. The van der Waals surface area contributed by atoms with Crippen LogP contribution >= 0.6 is 0 Å². The summed E-state index contributed by atoms with van der Waals surface area (Å²) in [6, 6.07) is 15.8. The molecule has 0 saturated heterocycles. The summed E-state index contributed by atoms with van der Waals surface area (Å²) in [6.07, 6.45) is 1.97. The molecule has 134 valence electrons. The smallest absolute Gasteiger partial charge is 0.267 e. The number of benzene rings is 2. The molecule has 2 aromatic rings. The average Bonchev–Trinajstić information content (AvgIpc) is 2.62. The van der Waals surface area contributed by atoms with Crippen molar-refractivity contribution >= 4 is 11.6 Å². The van der Waals surface area contributed by atoms with E-state index in [0.29, 0.717) is 24.6 Å². The van der Waals surface area contributed by atoms with Crippen molar-refractivity contribution in [2.24, 2.45) is 0 Å². The molecule has 0 radical (unpaired) electrons. The molecule has 0 heterocycles. The van der Waals surface area contributed by atoms with Crippen molar-refractivity contribution in [1.29, 1.82) is 5.26 Å². The number of hydrogen-bond donors (Lipinski definition) is 2. The van der Waals surface area contributed by atoms with Gasteiger partial charge in [0, 0.05) is 18.4 Å². The number of hydrogen-bond acceptors (Lipinski definition) is 3. The molecule has 1 amide bonds. The lowest BCUT2D eigenvalue weighted by Gasteiger charge is -2.08. The van der Waals surface area contributed by atoms with Crippen LogP contribution in [-0.2, 0) is 11.2 Å². The lowest BCUT2D eigenvalue weighted by Crippen LogP contribution is -2.18. The van der Waals surface area contributed by atoms with Gasteiger partial charge in [0.25, 0.3) is 5.91 Å². The zero-order valence-corrected chi connectivity index (χ0v) is 14.9. The summed E-state index contributed by atoms with van der Waals surface area (Å²) in [5.74, 6) is -0.335. The topological polar surface area (TPSA) is 64.9 Å². The van der Waals surface area contributed by atoms with Crippen LogP contribution in [0.15, 0.2) is 60.3 Å². The largest absolute Gasteiger partial charge is 0.389 e. The summed E-state index contributed by atoms with van der Waals surface area (Å²) in [5, 5.41) is 14.8. The SMILES string of the molecule is CC(C)c1ccc(NC(=O)/C(C#N)=C\NCCc2cccc(F)c2)cc1. The number of anilines is 1. The number of halogens is 1. The highest BCUT2D eigenvalue weighted by Gasteiger charge is 2.09. The Kier molecular flexibility index (Phi) is 6.92. The van der Waals surface area contributed by atoms with E-state index in [9.17, 15) is 14.4 Å². The summed E-state index contributed by atoms with van der Waals surface area (Å²) < 4.78 is 13.1. The van der Waals surface area contributed by atoms with Gasteiger partial charge in [-0.05, 0) is 47.7 Å². The van der Waals surface area contributed by atoms with Crippen LogP contribution in [0.1, 0.15) is 30.9 Å². The fraction of sp³-hybridized carbons (Fsp3) is 0.238. The van der Waals surface area contributed by atoms with Gasteiger partial charge in [-0.15, -0.1) is 0 Å². The van der Waals surface area contributed by atoms with Crippen LogP contribution in [0.5, 0.6) is 0 Å². The van der Waals surface area contributed by atoms with Gasteiger partial charge < -0.3 is 10.6 Å². The molecule has 0 bridgehead atoms. The van der Waals surface area contributed by atoms with Gasteiger partial charge in [-0.3, -0.25) is 4.79 Å². The molecule has 2 rings (SSSR count). The van der Waals surface area contributed by atoms with Crippen molar-refractivity contribution in [1.82, 2.24) is 5.32 Å². The summed E-state index contributed by atoms with van der Waals surface area (Å²) in [5.41, 5.74) is 2.65. The predicted octanol–water partition coefficient (Wildman–Crippen LogP) is 4.13. The molecular formula is C21H22FN3O. The van der Waals surface area contributed by atoms with E-state index in [1.165, 1.54) is 23.9 Å². The molecule has 26 heavy (non-hydrogen) atoms. The third-order valence-corrected chi connectivity index (χ3v) is 3.89. The minimum atomic E-state index is -0.469. The summed E-state index contributed by atoms with van der Waals surface area (Å²) >= 11 is 0. The Hall–Kier alpha value is -3.13. The predicted molar refractivity (Wildman–Crippen MR) is 101 cm³/mol. The van der Waals surface area contributed by atoms with Crippen LogP contribution in [0.3, 0.4) is 0 Å². The van der Waals surface area contributed by atoms with E-state index >= 15 is 0 Å². The van der Waals surface area contributed by atoms with Crippen molar-refractivity contribution in [3.8, 4) is 6.07 Å². The zero-order valence-electron chi connectivity index (χ0n) is 14.9. The first-order chi connectivity index (χ1) is 12.5. The molecular weight excluding hydrogens is 329 g/mol. The van der Waals surface area contributed by atoms with Gasteiger partial charge >= 0.3 is 0 Å². The van der Waals surface area contributed by atoms with E-state index in [4.69, 9.17) is 0 Å². The van der Waals surface area contributed by atoms with Crippen LogP contribution in [0.4, 0.5) is 10.1 Å². The second kappa shape index (κ2) is 9.38. The Morgan fingerprint density at radius 2 is 1.96 bits per heavy atom. The van der Waals surface area contributed by atoms with Crippen LogP contribution in [0, 0.1) is 17.1 Å². The van der Waals surface area contributed by atoms with Gasteiger partial charge in [-0.25, -0.2) is 4.39 Å². The first kappa shape index (κ1) is 19.2. The van der Waals surface area contributed by atoms with Crippen LogP contribution in [0.25, 0.3) is 0 Å². The van der Waals surface area contributed by atoms with Crippen molar-refractivity contribution in [3.05, 3.63) is 77.2 Å². The molecule has 0 saturated carbocycles. The molecule has 2 N–H and O–H groups in total. The Bertz CT molecular complexity index is 820. The first-order valence-electron chi connectivity index (χ1n) is 8.49. The fourth-order valence-electron chi connectivity index (χ4n) is 2.38. The zero-order chi connectivity index (χ0) is 18.9. The van der Waals surface area contributed by atoms with Gasteiger partial charge in [0.2, 0.25) is 0 Å². The Morgan fingerprint density at radius 1 is 1.23 bits per heavy atom. The van der Waals surface area contributed by atoms with Crippen molar-refractivity contribution in [2.75, 3.05) is 11.9 Å². The standard InChI is InChI=1S/C21H22FN3O/c1-15(2)17-6-8-20(9-7-17)25-21(26)18(13-23)14-24-11-10-16-4-3-5-19(22)12-16/h3-9,12,14-15,24H,10-11H2,1-2H3,(H,25,26)/b18-14-. The minimum absolute atomic E-state index is 0.0165. The number of carbonyl (C=O) groups is 1. The number of carbonyl (C=O) groups excluding carboxylic acids is 1. The Balaban J connectivity index is 1.89. The summed E-state index contributed by atoms with van der Waals surface area (Å²) in [6.45, 7) is 4.68. The van der Waals surface area contributed by atoms with E-state index in [-0.39, 0.29) is 11.4 Å². The minimum Gasteiger partial charge on any atom is -0.389 e. The normalized spacial score (nSPS) is 11.1. The average molecular weight is 351 g/mol. The van der Waals surface area contributed by atoms with E-state index < -0.39 is 5.91 Å². The van der Waals surface area contributed by atoms with E-state index in [0.717, 1.165) is 5.56 Å².